The molecule has 1 fully saturated rings. The van der Waals surface area contributed by atoms with Gasteiger partial charge in [-0.2, -0.15) is 0 Å². The SMILES string of the molecule is CC/C=C\C/C=C\C/C=C\C/C=C\C/C=C\C/C=C\CCC(=O)OC1C(OCC(COC(=O)CCCCCCCCCCC/C=C\C/C=C\CCCCC)OC(=O)CCCCCCC/C=C\CCCC)OC(C(=O)O)C(O)C1O. The number of aliphatic hydroxyl groups is 2. The molecule has 0 radical (unpaired) electrons. The van der Waals surface area contributed by atoms with Gasteiger partial charge in [0.05, 0.1) is 6.61 Å². The largest absolute Gasteiger partial charge is 0.479 e. The Balaban J connectivity index is 2.69. The second kappa shape index (κ2) is 54.0. The molecule has 448 valence electrons. The highest BCUT2D eigenvalue weighted by Gasteiger charge is 2.50. The minimum absolute atomic E-state index is 0.0703. The van der Waals surface area contributed by atoms with E-state index in [1.165, 1.54) is 70.6 Å². The third kappa shape index (κ3) is 43.8. The number of ether oxygens (including phenoxy) is 5. The van der Waals surface area contributed by atoms with Crippen LogP contribution in [0.3, 0.4) is 0 Å². The molecule has 0 aromatic carbocycles. The van der Waals surface area contributed by atoms with Crippen LogP contribution in [0.4, 0.5) is 0 Å². The van der Waals surface area contributed by atoms with Crippen LogP contribution in [0.1, 0.15) is 239 Å². The molecule has 1 rings (SSSR count). The van der Waals surface area contributed by atoms with Gasteiger partial charge in [-0.25, -0.2) is 4.79 Å². The van der Waals surface area contributed by atoms with E-state index in [4.69, 9.17) is 23.7 Å². The lowest BCUT2D eigenvalue weighted by molar-refractivity contribution is -0.301. The summed E-state index contributed by atoms with van der Waals surface area (Å²) in [4.78, 5) is 51.1. The summed E-state index contributed by atoms with van der Waals surface area (Å²) in [7, 11) is 0. The lowest BCUT2D eigenvalue weighted by Gasteiger charge is -2.40. The average Bonchev–Trinajstić information content (AvgIpc) is 3.43. The summed E-state index contributed by atoms with van der Waals surface area (Å²) in [6.07, 6.45) is 60.7. The molecular formula is C67H108O12. The van der Waals surface area contributed by atoms with Crippen LogP contribution in [0.25, 0.3) is 0 Å². The predicted octanol–water partition coefficient (Wildman–Crippen LogP) is 16.2. The topological polar surface area (TPSA) is 175 Å². The van der Waals surface area contributed by atoms with E-state index in [2.05, 4.69) is 112 Å². The number of rotatable bonds is 51. The van der Waals surface area contributed by atoms with E-state index in [-0.39, 0.29) is 25.9 Å². The lowest BCUT2D eigenvalue weighted by Crippen LogP contribution is -2.61. The van der Waals surface area contributed by atoms with Gasteiger partial charge in [0.15, 0.2) is 24.6 Å². The van der Waals surface area contributed by atoms with Gasteiger partial charge in [0, 0.05) is 19.3 Å². The molecule has 12 heteroatoms. The first kappa shape index (κ1) is 72.4. The van der Waals surface area contributed by atoms with E-state index in [1.807, 2.05) is 18.2 Å². The Morgan fingerprint density at radius 2 is 0.835 bits per heavy atom. The van der Waals surface area contributed by atoms with Gasteiger partial charge >= 0.3 is 23.9 Å². The van der Waals surface area contributed by atoms with E-state index < -0.39 is 67.3 Å². The van der Waals surface area contributed by atoms with E-state index in [1.54, 1.807) is 0 Å². The molecule has 1 saturated heterocycles. The highest BCUT2D eigenvalue weighted by molar-refractivity contribution is 5.74. The van der Waals surface area contributed by atoms with Gasteiger partial charge < -0.3 is 39.0 Å². The third-order valence-electron chi connectivity index (χ3n) is 13.3. The third-order valence-corrected chi connectivity index (χ3v) is 13.3. The van der Waals surface area contributed by atoms with Gasteiger partial charge in [-0.3, -0.25) is 14.4 Å². The molecule has 0 aromatic heterocycles. The number of hydrogen-bond acceptors (Lipinski definition) is 11. The number of esters is 3. The van der Waals surface area contributed by atoms with E-state index >= 15 is 0 Å². The van der Waals surface area contributed by atoms with Crippen molar-refractivity contribution in [2.45, 2.75) is 276 Å². The van der Waals surface area contributed by atoms with Crippen molar-refractivity contribution < 1.29 is 58.2 Å². The van der Waals surface area contributed by atoms with Crippen molar-refractivity contribution in [1.82, 2.24) is 0 Å². The Hall–Kier alpha value is -4.62. The number of aliphatic hydroxyl groups excluding tert-OH is 2. The van der Waals surface area contributed by atoms with Crippen molar-refractivity contribution >= 4 is 23.9 Å². The van der Waals surface area contributed by atoms with Crippen molar-refractivity contribution in [2.24, 2.45) is 0 Å². The molecule has 0 bridgehead atoms. The summed E-state index contributed by atoms with van der Waals surface area (Å²) in [5.74, 6) is -3.25. The fraction of sp³-hybridized carbons (Fsp3) is 0.672. The molecule has 0 aromatic rings. The molecule has 1 aliphatic rings. The number of carbonyl (C=O) groups is 4. The highest BCUT2D eigenvalue weighted by atomic mass is 16.7. The molecule has 79 heavy (non-hydrogen) atoms. The minimum Gasteiger partial charge on any atom is -0.479 e. The quantitative estimate of drug-likeness (QED) is 0.0228. The van der Waals surface area contributed by atoms with Crippen molar-refractivity contribution in [3.63, 3.8) is 0 Å². The first-order valence-corrected chi connectivity index (χ1v) is 30.9. The maximum absolute atomic E-state index is 13.1. The molecule has 1 aliphatic heterocycles. The van der Waals surface area contributed by atoms with E-state index in [0.717, 1.165) is 103 Å². The summed E-state index contributed by atoms with van der Waals surface area (Å²) in [6, 6.07) is 0. The summed E-state index contributed by atoms with van der Waals surface area (Å²) < 4.78 is 28.3. The molecule has 0 saturated carbocycles. The van der Waals surface area contributed by atoms with Crippen LogP contribution < -0.4 is 0 Å². The summed E-state index contributed by atoms with van der Waals surface area (Å²) >= 11 is 0. The number of carboxylic acids is 1. The van der Waals surface area contributed by atoms with Gasteiger partial charge in [0.25, 0.3) is 0 Å². The van der Waals surface area contributed by atoms with Crippen LogP contribution in [0, 0.1) is 0 Å². The zero-order valence-corrected chi connectivity index (χ0v) is 49.3. The van der Waals surface area contributed by atoms with Crippen LogP contribution in [0.15, 0.2) is 109 Å². The maximum Gasteiger partial charge on any atom is 0.335 e. The summed E-state index contributed by atoms with van der Waals surface area (Å²) in [5.41, 5.74) is 0. The fourth-order valence-corrected chi connectivity index (χ4v) is 8.58. The van der Waals surface area contributed by atoms with E-state index in [0.29, 0.717) is 25.7 Å². The predicted molar refractivity (Wildman–Crippen MR) is 321 cm³/mol. The molecular weight excluding hydrogens is 997 g/mol. The zero-order valence-electron chi connectivity index (χ0n) is 49.3. The number of carboxylic acid groups (broad SMARTS) is 1. The van der Waals surface area contributed by atoms with Crippen LogP contribution in [-0.4, -0.2) is 89.2 Å². The zero-order chi connectivity index (χ0) is 57.5. The van der Waals surface area contributed by atoms with Crippen molar-refractivity contribution in [3.8, 4) is 0 Å². The number of aliphatic carboxylic acids is 1. The Kier molecular flexibility index (Phi) is 49.5. The van der Waals surface area contributed by atoms with Crippen LogP contribution >= 0.6 is 0 Å². The standard InChI is InChI=1S/C67H108O12/c1-4-7-10-13-16-19-22-24-26-28-30-32-34-36-39-41-44-47-50-53-59(68)75-56-58(77-60(69)54-51-48-45-42-38-21-18-15-12-9-6-3)57-76-67-65(63(72)62(71)64(79-67)66(73)74)78-61(70)55-52-49-46-43-40-37-35-33-31-29-27-25-23-20-17-14-11-8-5-2/h8,11,15-20,24-27,31,33,37,40,46,49,58,62-65,67,71-72H,4-7,9-10,12-14,21-23,28-30,32,34-36,38-39,41-45,47-48,50-57H2,1-3H3,(H,73,74)/b11-8-,18-15-,19-16-,20-17-,26-24-,27-25-,33-31-,40-37-,49-46-. The lowest BCUT2D eigenvalue weighted by atomic mass is 9.98. The molecule has 0 aliphatic carbocycles. The van der Waals surface area contributed by atoms with Crippen LogP contribution in [0.2, 0.25) is 0 Å². The smallest absolute Gasteiger partial charge is 0.335 e. The van der Waals surface area contributed by atoms with E-state index in [9.17, 15) is 34.5 Å². The molecule has 0 spiro atoms. The minimum atomic E-state index is -1.93. The van der Waals surface area contributed by atoms with Gasteiger partial charge in [-0.15, -0.1) is 0 Å². The fourth-order valence-electron chi connectivity index (χ4n) is 8.58. The number of unbranched alkanes of at least 4 members (excludes halogenated alkanes) is 19. The van der Waals surface area contributed by atoms with Gasteiger partial charge in [-0.05, 0) is 109 Å². The van der Waals surface area contributed by atoms with Crippen LogP contribution in [-0.2, 0) is 42.9 Å². The summed E-state index contributed by atoms with van der Waals surface area (Å²) in [6.45, 7) is 5.77. The van der Waals surface area contributed by atoms with Gasteiger partial charge in [0.2, 0.25) is 0 Å². The molecule has 0 amide bonds. The monoisotopic (exact) mass is 1100 g/mol. The Bertz CT molecular complexity index is 1790. The number of carbonyl (C=O) groups excluding carboxylic acids is 3. The normalized spacial score (nSPS) is 18.6. The molecule has 12 nitrogen and oxygen atoms in total. The second-order valence-corrected chi connectivity index (χ2v) is 20.6. The Morgan fingerprint density at radius 3 is 1.32 bits per heavy atom. The van der Waals surface area contributed by atoms with Gasteiger partial charge in [-0.1, -0.05) is 220 Å². The molecule has 1 heterocycles. The van der Waals surface area contributed by atoms with Crippen molar-refractivity contribution in [2.75, 3.05) is 13.2 Å². The maximum atomic E-state index is 13.1. The summed E-state index contributed by atoms with van der Waals surface area (Å²) in [5, 5.41) is 31.5. The van der Waals surface area contributed by atoms with Crippen molar-refractivity contribution in [1.29, 1.82) is 0 Å². The second-order valence-electron chi connectivity index (χ2n) is 20.6. The van der Waals surface area contributed by atoms with Crippen LogP contribution in [0.5, 0.6) is 0 Å². The highest BCUT2D eigenvalue weighted by Crippen LogP contribution is 2.26. The first-order chi connectivity index (χ1) is 38.6. The van der Waals surface area contributed by atoms with Crippen molar-refractivity contribution in [3.05, 3.63) is 109 Å². The molecule has 6 atom stereocenters. The molecule has 6 unspecified atom stereocenters. The number of allylic oxidation sites excluding steroid dienone is 18. The average molecular weight is 1110 g/mol. The first-order valence-electron chi connectivity index (χ1n) is 30.9. The molecule has 3 N–H and O–H groups in total. The number of hydrogen-bond donors (Lipinski definition) is 3. The Morgan fingerprint density at radius 1 is 0.430 bits per heavy atom. The Labute approximate surface area is 478 Å². The van der Waals surface area contributed by atoms with Gasteiger partial charge in [0.1, 0.15) is 18.8 Å².